The molecule has 0 bridgehead atoms. The molecule has 3 aromatic rings. The van der Waals surface area contributed by atoms with Gasteiger partial charge in [-0.3, -0.25) is 9.67 Å². The summed E-state index contributed by atoms with van der Waals surface area (Å²) in [6, 6.07) is 10.7. The van der Waals surface area contributed by atoms with E-state index in [0.717, 1.165) is 17.6 Å². The van der Waals surface area contributed by atoms with Crippen molar-refractivity contribution >= 4 is 16.5 Å². The van der Waals surface area contributed by atoms with E-state index in [0.29, 0.717) is 0 Å². The average molecular weight is 261 g/mol. The average Bonchev–Trinajstić information content (AvgIpc) is 2.99. The normalized spacial score (nSPS) is 13.6. The van der Waals surface area contributed by atoms with Crippen molar-refractivity contribution in [3.63, 3.8) is 0 Å². The van der Waals surface area contributed by atoms with E-state index in [9.17, 15) is 0 Å². The van der Waals surface area contributed by atoms with Gasteiger partial charge in [-0.25, -0.2) is 0 Å². The molecule has 0 saturated carbocycles. The van der Waals surface area contributed by atoms with Gasteiger partial charge in [0.25, 0.3) is 0 Å². The second-order valence-electron chi connectivity index (χ2n) is 5.35. The molecule has 1 aliphatic rings. The molecule has 0 aliphatic heterocycles. The van der Waals surface area contributed by atoms with E-state index in [-0.39, 0.29) is 0 Å². The Balaban J connectivity index is 1.85. The van der Waals surface area contributed by atoms with Crippen molar-refractivity contribution in [2.75, 3.05) is 0 Å². The molecule has 3 heteroatoms. The van der Waals surface area contributed by atoms with Gasteiger partial charge in [0.05, 0.1) is 11.2 Å². The first-order valence-corrected chi connectivity index (χ1v) is 6.81. The molecule has 0 unspecified atom stereocenters. The highest BCUT2D eigenvalue weighted by molar-refractivity contribution is 5.89. The molecule has 20 heavy (non-hydrogen) atoms. The fraction of sp³-hybridized carbons (Fsp3) is 0.176. The highest BCUT2D eigenvalue weighted by Crippen LogP contribution is 2.33. The lowest BCUT2D eigenvalue weighted by Gasteiger charge is -2.06. The summed E-state index contributed by atoms with van der Waals surface area (Å²) in [5, 5.41) is 5.60. The Bertz CT molecular complexity index is 856. The maximum atomic E-state index is 4.63. The molecule has 0 atom stereocenters. The number of allylic oxidation sites excluding steroid dienone is 1. The zero-order valence-electron chi connectivity index (χ0n) is 11.6. The third-order valence-electron chi connectivity index (χ3n) is 3.83. The minimum atomic E-state index is 0.928. The third kappa shape index (κ3) is 1.67. The first-order chi connectivity index (χ1) is 9.70. The zero-order chi connectivity index (χ0) is 13.7. The van der Waals surface area contributed by atoms with Gasteiger partial charge < -0.3 is 0 Å². The van der Waals surface area contributed by atoms with Crippen molar-refractivity contribution < 1.29 is 0 Å². The standard InChI is InChI=1S/C17H15N3/c1-11-3-5-15-14(6-8-17(15)18-11)12-4-7-16-13(9-12)10-20(2)19-16/h3-7,9-10H,8H2,1-2H3. The second kappa shape index (κ2) is 4.04. The Labute approximate surface area is 117 Å². The SMILES string of the molecule is Cc1ccc2c(n1)CC=C2c1ccc2nn(C)cc2c1. The molecule has 98 valence electrons. The number of hydrogen-bond donors (Lipinski definition) is 0. The van der Waals surface area contributed by atoms with E-state index >= 15 is 0 Å². The number of rotatable bonds is 1. The maximum Gasteiger partial charge on any atom is 0.0923 e. The molecule has 0 N–H and O–H groups in total. The van der Waals surface area contributed by atoms with E-state index in [4.69, 9.17) is 0 Å². The Morgan fingerprint density at radius 1 is 1.15 bits per heavy atom. The fourth-order valence-corrected chi connectivity index (χ4v) is 2.91. The van der Waals surface area contributed by atoms with E-state index < -0.39 is 0 Å². The molecular formula is C17H15N3. The molecule has 1 aromatic carbocycles. The maximum absolute atomic E-state index is 4.63. The number of pyridine rings is 1. The fourth-order valence-electron chi connectivity index (χ4n) is 2.91. The topological polar surface area (TPSA) is 30.7 Å². The molecule has 3 nitrogen and oxygen atoms in total. The first kappa shape index (κ1) is 11.4. The number of hydrogen-bond acceptors (Lipinski definition) is 2. The Morgan fingerprint density at radius 2 is 2.05 bits per heavy atom. The van der Waals surface area contributed by atoms with E-state index in [1.165, 1.54) is 27.8 Å². The minimum Gasteiger partial charge on any atom is -0.275 e. The van der Waals surface area contributed by atoms with Gasteiger partial charge >= 0.3 is 0 Å². The van der Waals surface area contributed by atoms with Crippen LogP contribution in [0, 0.1) is 6.92 Å². The van der Waals surface area contributed by atoms with Crippen molar-refractivity contribution in [1.29, 1.82) is 0 Å². The van der Waals surface area contributed by atoms with Crippen LogP contribution in [-0.4, -0.2) is 14.8 Å². The van der Waals surface area contributed by atoms with Crippen LogP contribution in [0.25, 0.3) is 16.5 Å². The quantitative estimate of drug-likeness (QED) is 0.673. The summed E-state index contributed by atoms with van der Waals surface area (Å²) in [4.78, 5) is 4.63. The third-order valence-corrected chi connectivity index (χ3v) is 3.83. The van der Waals surface area contributed by atoms with Crippen LogP contribution in [0.3, 0.4) is 0 Å². The summed E-state index contributed by atoms with van der Waals surface area (Å²) in [6.07, 6.45) is 5.26. The summed E-state index contributed by atoms with van der Waals surface area (Å²) in [5.41, 5.74) is 7.11. The van der Waals surface area contributed by atoms with Gasteiger partial charge in [-0.1, -0.05) is 18.2 Å². The van der Waals surface area contributed by atoms with Gasteiger partial charge in [-0.05, 0) is 36.3 Å². The summed E-state index contributed by atoms with van der Waals surface area (Å²) in [7, 11) is 1.95. The van der Waals surface area contributed by atoms with Gasteiger partial charge in [-0.15, -0.1) is 0 Å². The van der Waals surface area contributed by atoms with Crippen molar-refractivity contribution in [1.82, 2.24) is 14.8 Å². The van der Waals surface area contributed by atoms with Gasteiger partial charge in [0, 0.05) is 36.3 Å². The molecule has 2 heterocycles. The molecule has 0 radical (unpaired) electrons. The van der Waals surface area contributed by atoms with Gasteiger partial charge in [0.2, 0.25) is 0 Å². The monoisotopic (exact) mass is 261 g/mol. The van der Waals surface area contributed by atoms with Gasteiger partial charge in [-0.2, -0.15) is 5.10 Å². The van der Waals surface area contributed by atoms with Crippen LogP contribution in [-0.2, 0) is 13.5 Å². The molecule has 2 aromatic heterocycles. The van der Waals surface area contributed by atoms with E-state index in [1.54, 1.807) is 0 Å². The molecule has 0 spiro atoms. The summed E-state index contributed by atoms with van der Waals surface area (Å²) in [6.45, 7) is 2.04. The lowest BCUT2D eigenvalue weighted by atomic mass is 10.00. The summed E-state index contributed by atoms with van der Waals surface area (Å²) in [5.74, 6) is 0. The predicted octanol–water partition coefficient (Wildman–Crippen LogP) is 3.26. The van der Waals surface area contributed by atoms with Crippen LogP contribution in [0.4, 0.5) is 0 Å². The molecule has 1 aliphatic carbocycles. The molecule has 0 fully saturated rings. The lowest BCUT2D eigenvalue weighted by molar-refractivity contribution is 0.780. The number of aromatic nitrogens is 3. The zero-order valence-corrected chi connectivity index (χ0v) is 11.6. The summed E-state index contributed by atoms with van der Waals surface area (Å²) >= 11 is 0. The van der Waals surface area contributed by atoms with Crippen LogP contribution >= 0.6 is 0 Å². The molecule has 0 saturated heterocycles. The molecule has 0 amide bonds. The Morgan fingerprint density at radius 3 is 2.95 bits per heavy atom. The van der Waals surface area contributed by atoms with E-state index in [2.05, 4.69) is 52.7 Å². The van der Waals surface area contributed by atoms with Crippen LogP contribution in [0.5, 0.6) is 0 Å². The van der Waals surface area contributed by atoms with Crippen LogP contribution in [0.2, 0.25) is 0 Å². The van der Waals surface area contributed by atoms with Crippen molar-refractivity contribution in [3.05, 3.63) is 65.1 Å². The number of nitrogens with zero attached hydrogens (tertiary/aromatic N) is 3. The molecule has 4 rings (SSSR count). The lowest BCUT2D eigenvalue weighted by Crippen LogP contribution is -1.92. The van der Waals surface area contributed by atoms with Crippen molar-refractivity contribution in [3.8, 4) is 0 Å². The first-order valence-electron chi connectivity index (χ1n) is 6.81. The van der Waals surface area contributed by atoms with Crippen molar-refractivity contribution in [2.24, 2.45) is 7.05 Å². The molecular weight excluding hydrogens is 246 g/mol. The summed E-state index contributed by atoms with van der Waals surface area (Å²) < 4.78 is 1.86. The second-order valence-corrected chi connectivity index (χ2v) is 5.35. The minimum absolute atomic E-state index is 0.928. The van der Waals surface area contributed by atoms with Crippen molar-refractivity contribution in [2.45, 2.75) is 13.3 Å². The van der Waals surface area contributed by atoms with Crippen LogP contribution < -0.4 is 0 Å². The largest absolute Gasteiger partial charge is 0.275 e. The Hall–Kier alpha value is -2.42. The number of benzene rings is 1. The highest BCUT2D eigenvalue weighted by Gasteiger charge is 2.17. The van der Waals surface area contributed by atoms with E-state index in [1.807, 2.05) is 18.7 Å². The smallest absolute Gasteiger partial charge is 0.0923 e. The predicted molar refractivity (Wildman–Crippen MR) is 80.5 cm³/mol. The number of fused-ring (bicyclic) bond motifs is 2. The van der Waals surface area contributed by atoms with Crippen LogP contribution in [0.1, 0.15) is 22.5 Å². The highest BCUT2D eigenvalue weighted by atomic mass is 15.2. The Kier molecular flexibility index (Phi) is 2.30. The van der Waals surface area contributed by atoms with Gasteiger partial charge in [0.1, 0.15) is 0 Å². The van der Waals surface area contributed by atoms with Gasteiger partial charge in [0.15, 0.2) is 0 Å². The van der Waals surface area contributed by atoms with Crippen LogP contribution in [0.15, 0.2) is 42.6 Å². The number of aryl methyl sites for hydroxylation is 2.